The molecule has 1 aromatic carbocycles. The number of rotatable bonds is 5. The number of carbonyl (C=O) groups excluding carboxylic acids is 1. The third-order valence-electron chi connectivity index (χ3n) is 1.70. The molecule has 0 radical (unpaired) electrons. The van der Waals surface area contributed by atoms with Crippen LogP contribution in [0.1, 0.15) is 0 Å². The second-order valence-electron chi connectivity index (χ2n) is 2.89. The zero-order chi connectivity index (χ0) is 11.8. The lowest BCUT2D eigenvalue weighted by molar-refractivity contribution is -0.116. The van der Waals surface area contributed by atoms with Gasteiger partial charge in [0.2, 0.25) is 0 Å². The van der Waals surface area contributed by atoms with E-state index in [2.05, 4.69) is 11.9 Å². The van der Waals surface area contributed by atoms with Crippen LogP contribution in [-0.2, 0) is 4.79 Å². The Labute approximate surface area is 104 Å². The SMILES string of the molecule is C=CCNC(=O)/C(=C/Cl)Sc1ccccc1. The van der Waals surface area contributed by atoms with Crippen LogP contribution in [-0.4, -0.2) is 12.5 Å². The maximum Gasteiger partial charge on any atom is 0.259 e. The average molecular weight is 254 g/mol. The number of amides is 1. The lowest BCUT2D eigenvalue weighted by atomic mass is 10.4. The number of hydrogen-bond acceptors (Lipinski definition) is 2. The van der Waals surface area contributed by atoms with Gasteiger partial charge in [-0.25, -0.2) is 0 Å². The van der Waals surface area contributed by atoms with Gasteiger partial charge in [-0.1, -0.05) is 47.6 Å². The Kier molecular flexibility index (Phi) is 5.75. The van der Waals surface area contributed by atoms with Crippen LogP contribution < -0.4 is 5.32 Å². The van der Waals surface area contributed by atoms with E-state index in [1.807, 2.05) is 30.3 Å². The lowest BCUT2D eigenvalue weighted by Gasteiger charge is -2.05. The number of thioether (sulfide) groups is 1. The maximum absolute atomic E-state index is 11.6. The van der Waals surface area contributed by atoms with Crippen LogP contribution in [0, 0.1) is 0 Å². The summed E-state index contributed by atoms with van der Waals surface area (Å²) in [5.74, 6) is -0.191. The Morgan fingerprint density at radius 3 is 2.69 bits per heavy atom. The van der Waals surface area contributed by atoms with E-state index in [0.29, 0.717) is 11.4 Å². The fourth-order valence-corrected chi connectivity index (χ4v) is 1.97. The van der Waals surface area contributed by atoms with Crippen LogP contribution in [0.25, 0.3) is 0 Å². The lowest BCUT2D eigenvalue weighted by Crippen LogP contribution is -2.23. The molecule has 2 nitrogen and oxygen atoms in total. The summed E-state index contributed by atoms with van der Waals surface area (Å²) >= 11 is 6.95. The summed E-state index contributed by atoms with van der Waals surface area (Å²) in [7, 11) is 0. The molecule has 0 heterocycles. The van der Waals surface area contributed by atoms with Crippen molar-refractivity contribution in [3.8, 4) is 0 Å². The Morgan fingerprint density at radius 1 is 1.44 bits per heavy atom. The van der Waals surface area contributed by atoms with E-state index < -0.39 is 0 Å². The van der Waals surface area contributed by atoms with Crippen molar-refractivity contribution in [1.82, 2.24) is 5.32 Å². The highest BCUT2D eigenvalue weighted by Gasteiger charge is 2.09. The molecule has 0 saturated heterocycles. The third kappa shape index (κ3) is 4.13. The van der Waals surface area contributed by atoms with Crippen LogP contribution in [0.3, 0.4) is 0 Å². The number of halogens is 1. The van der Waals surface area contributed by atoms with E-state index >= 15 is 0 Å². The van der Waals surface area contributed by atoms with Crippen LogP contribution in [0.2, 0.25) is 0 Å². The Balaban J connectivity index is 2.63. The van der Waals surface area contributed by atoms with Gasteiger partial charge in [-0.3, -0.25) is 4.79 Å². The van der Waals surface area contributed by atoms with Gasteiger partial charge in [0, 0.05) is 17.0 Å². The van der Waals surface area contributed by atoms with Crippen molar-refractivity contribution in [3.05, 3.63) is 53.4 Å². The molecule has 4 heteroatoms. The van der Waals surface area contributed by atoms with E-state index in [1.54, 1.807) is 6.08 Å². The summed E-state index contributed by atoms with van der Waals surface area (Å²) in [6, 6.07) is 9.59. The zero-order valence-electron chi connectivity index (χ0n) is 8.65. The summed E-state index contributed by atoms with van der Waals surface area (Å²) in [5, 5.41) is 2.67. The molecule has 0 spiro atoms. The summed E-state index contributed by atoms with van der Waals surface area (Å²) in [6.07, 6.45) is 1.62. The van der Waals surface area contributed by atoms with Gasteiger partial charge in [0.05, 0.1) is 4.91 Å². The molecule has 16 heavy (non-hydrogen) atoms. The normalized spacial score (nSPS) is 10.9. The summed E-state index contributed by atoms with van der Waals surface area (Å²) < 4.78 is 0. The van der Waals surface area contributed by atoms with Gasteiger partial charge in [-0.2, -0.15) is 0 Å². The van der Waals surface area contributed by atoms with Crippen LogP contribution in [0.5, 0.6) is 0 Å². The molecule has 0 aliphatic rings. The standard InChI is InChI=1S/C12H12ClNOS/c1-2-8-14-12(15)11(9-13)16-10-6-4-3-5-7-10/h2-7,9H,1,8H2,(H,14,15)/b11-9-. The highest BCUT2D eigenvalue weighted by molar-refractivity contribution is 8.04. The molecule has 0 bridgehead atoms. The number of carbonyl (C=O) groups is 1. The first-order valence-corrected chi connectivity index (χ1v) is 5.95. The second-order valence-corrected chi connectivity index (χ2v) is 4.22. The zero-order valence-corrected chi connectivity index (χ0v) is 10.2. The molecule has 0 aliphatic carbocycles. The van der Waals surface area contributed by atoms with Gasteiger partial charge < -0.3 is 5.32 Å². The molecule has 0 aliphatic heterocycles. The Hall–Kier alpha value is -1.19. The molecular formula is C12H12ClNOS. The topological polar surface area (TPSA) is 29.1 Å². The number of hydrogen-bond donors (Lipinski definition) is 1. The fraction of sp³-hybridized carbons (Fsp3) is 0.0833. The molecule has 0 saturated carbocycles. The van der Waals surface area contributed by atoms with Crippen molar-refractivity contribution >= 4 is 29.3 Å². The van der Waals surface area contributed by atoms with Crippen LogP contribution in [0.15, 0.2) is 58.3 Å². The first kappa shape index (κ1) is 12.9. The van der Waals surface area contributed by atoms with Gasteiger partial charge in [0.25, 0.3) is 5.91 Å². The summed E-state index contributed by atoms with van der Waals surface area (Å²) in [5.41, 5.74) is 1.29. The minimum Gasteiger partial charge on any atom is -0.348 e. The van der Waals surface area contributed by atoms with E-state index in [9.17, 15) is 4.79 Å². The van der Waals surface area contributed by atoms with Gasteiger partial charge in [0.1, 0.15) is 0 Å². The van der Waals surface area contributed by atoms with Gasteiger partial charge in [-0.05, 0) is 12.1 Å². The van der Waals surface area contributed by atoms with Crippen LogP contribution >= 0.6 is 23.4 Å². The molecule has 0 aromatic heterocycles. The van der Waals surface area contributed by atoms with E-state index in [4.69, 9.17) is 11.6 Å². The Morgan fingerprint density at radius 2 is 2.12 bits per heavy atom. The molecule has 0 unspecified atom stereocenters. The highest BCUT2D eigenvalue weighted by Crippen LogP contribution is 2.26. The molecule has 1 N–H and O–H groups in total. The number of benzene rings is 1. The van der Waals surface area contributed by atoms with Crippen molar-refractivity contribution in [2.24, 2.45) is 0 Å². The van der Waals surface area contributed by atoms with Crippen molar-refractivity contribution in [2.45, 2.75) is 4.90 Å². The molecule has 0 fully saturated rings. The van der Waals surface area contributed by atoms with E-state index in [-0.39, 0.29) is 5.91 Å². The minimum absolute atomic E-state index is 0.191. The second kappa shape index (κ2) is 7.14. The Bertz CT molecular complexity index is 389. The first-order valence-electron chi connectivity index (χ1n) is 4.70. The molecule has 1 rings (SSSR count). The fourth-order valence-electron chi connectivity index (χ4n) is 0.986. The molecular weight excluding hydrogens is 242 g/mol. The predicted octanol–water partition coefficient (Wildman–Crippen LogP) is 3.16. The smallest absolute Gasteiger partial charge is 0.259 e. The highest BCUT2D eigenvalue weighted by atomic mass is 35.5. The summed E-state index contributed by atoms with van der Waals surface area (Å²) in [6.45, 7) is 3.96. The van der Waals surface area contributed by atoms with Crippen molar-refractivity contribution in [2.75, 3.05) is 6.54 Å². The van der Waals surface area contributed by atoms with Gasteiger partial charge >= 0.3 is 0 Å². The molecule has 1 amide bonds. The van der Waals surface area contributed by atoms with E-state index in [1.165, 1.54) is 17.3 Å². The first-order chi connectivity index (χ1) is 7.77. The predicted molar refractivity (Wildman–Crippen MR) is 69.4 cm³/mol. The third-order valence-corrected chi connectivity index (χ3v) is 3.08. The molecule has 0 atom stereocenters. The van der Waals surface area contributed by atoms with Crippen LogP contribution in [0.4, 0.5) is 0 Å². The van der Waals surface area contributed by atoms with Gasteiger partial charge in [-0.15, -0.1) is 6.58 Å². The molecule has 84 valence electrons. The monoisotopic (exact) mass is 253 g/mol. The van der Waals surface area contributed by atoms with Crippen molar-refractivity contribution < 1.29 is 4.79 Å². The molecule has 1 aromatic rings. The van der Waals surface area contributed by atoms with Crippen molar-refractivity contribution in [3.63, 3.8) is 0 Å². The van der Waals surface area contributed by atoms with E-state index in [0.717, 1.165) is 4.90 Å². The largest absolute Gasteiger partial charge is 0.348 e. The van der Waals surface area contributed by atoms with Gasteiger partial charge in [0.15, 0.2) is 0 Å². The average Bonchev–Trinajstić information content (AvgIpc) is 2.34. The maximum atomic E-state index is 11.6. The summed E-state index contributed by atoms with van der Waals surface area (Å²) in [4.78, 5) is 13.0. The minimum atomic E-state index is -0.191. The quantitative estimate of drug-likeness (QED) is 0.496. The van der Waals surface area contributed by atoms with Crippen molar-refractivity contribution in [1.29, 1.82) is 0 Å². The number of nitrogens with one attached hydrogen (secondary N) is 1.